The summed E-state index contributed by atoms with van der Waals surface area (Å²) >= 11 is 0. The number of hydrogen-bond donors (Lipinski definition) is 1. The van der Waals surface area contributed by atoms with Crippen LogP contribution in [0, 0.1) is 5.41 Å². The molecule has 1 saturated carbocycles. The van der Waals surface area contributed by atoms with E-state index in [1.165, 1.54) is 0 Å². The minimum Gasteiger partial charge on any atom is -0.387 e. The molecule has 0 radical (unpaired) electrons. The molecule has 1 saturated heterocycles. The van der Waals surface area contributed by atoms with Crippen LogP contribution in [-0.2, 0) is 4.74 Å². The van der Waals surface area contributed by atoms with Gasteiger partial charge in [-0.3, -0.25) is 0 Å². The highest BCUT2D eigenvalue weighted by molar-refractivity contribution is 5.12. The number of rotatable bonds is 0. The van der Waals surface area contributed by atoms with Crippen molar-refractivity contribution in [2.75, 3.05) is 0 Å². The van der Waals surface area contributed by atoms with E-state index in [1.807, 2.05) is 6.92 Å². The Morgan fingerprint density at radius 3 is 2.27 bits per heavy atom. The molecule has 2 rings (SSSR count). The van der Waals surface area contributed by atoms with Crippen molar-refractivity contribution in [1.29, 1.82) is 0 Å². The lowest BCUT2D eigenvalue weighted by molar-refractivity contribution is -0.239. The molecule has 1 N–H and O–H groups in total. The highest BCUT2D eigenvalue weighted by Crippen LogP contribution is 2.57. The summed E-state index contributed by atoms with van der Waals surface area (Å²) in [5.41, 5.74) is -0.864. The van der Waals surface area contributed by atoms with Crippen LogP contribution in [0.25, 0.3) is 0 Å². The predicted octanol–water partition coefficient (Wildman–Crippen LogP) is 2.89. The molecule has 2 fully saturated rings. The van der Waals surface area contributed by atoms with Crippen LogP contribution in [-0.4, -0.2) is 22.4 Å². The zero-order chi connectivity index (χ0) is 11.3. The molecular weight excluding hydrogens is 188 g/mol. The Balaban J connectivity index is 2.38. The van der Waals surface area contributed by atoms with Gasteiger partial charge in [-0.2, -0.15) is 0 Å². The van der Waals surface area contributed by atoms with E-state index in [2.05, 4.69) is 20.8 Å². The van der Waals surface area contributed by atoms with Crippen LogP contribution in [0.4, 0.5) is 0 Å². The molecule has 0 amide bonds. The molecule has 88 valence electrons. The van der Waals surface area contributed by atoms with Crippen molar-refractivity contribution in [1.82, 2.24) is 0 Å². The van der Waals surface area contributed by atoms with E-state index in [9.17, 15) is 5.11 Å². The Kier molecular flexibility index (Phi) is 2.44. The van der Waals surface area contributed by atoms with E-state index in [-0.39, 0.29) is 11.0 Å². The largest absolute Gasteiger partial charge is 0.387 e. The van der Waals surface area contributed by atoms with Gasteiger partial charge in [0, 0.05) is 0 Å². The summed E-state index contributed by atoms with van der Waals surface area (Å²) in [6.45, 7) is 8.58. The Labute approximate surface area is 93.0 Å². The molecule has 0 aromatic carbocycles. The van der Waals surface area contributed by atoms with Crippen molar-refractivity contribution < 1.29 is 9.84 Å². The van der Waals surface area contributed by atoms with Gasteiger partial charge in [0.25, 0.3) is 0 Å². The molecule has 3 atom stereocenters. The predicted molar refractivity (Wildman–Crippen MR) is 60.8 cm³/mol. The van der Waals surface area contributed by atoms with Crippen LogP contribution in [0.15, 0.2) is 0 Å². The molecule has 0 bridgehead atoms. The lowest BCUT2D eigenvalue weighted by Crippen LogP contribution is -2.63. The fourth-order valence-corrected chi connectivity index (χ4v) is 3.77. The van der Waals surface area contributed by atoms with Gasteiger partial charge in [-0.05, 0) is 51.4 Å². The maximum absolute atomic E-state index is 10.7. The molecule has 0 unspecified atom stereocenters. The zero-order valence-electron chi connectivity index (χ0n) is 10.5. The van der Waals surface area contributed by atoms with Crippen LogP contribution in [0.3, 0.4) is 0 Å². The SMILES string of the molecule is C[C@@H]1CC[C@@]2(O1)C(C)(C)CCC[C@@]2(C)O. The first-order valence-corrected chi connectivity index (χ1v) is 6.21. The minimum atomic E-state index is -0.653. The average molecular weight is 212 g/mol. The van der Waals surface area contributed by atoms with Crippen molar-refractivity contribution in [3.05, 3.63) is 0 Å². The molecule has 2 heteroatoms. The second-order valence-corrected chi connectivity index (χ2v) is 6.31. The first-order valence-electron chi connectivity index (χ1n) is 6.21. The average Bonchev–Trinajstić information content (AvgIpc) is 2.46. The summed E-state index contributed by atoms with van der Waals surface area (Å²) in [5, 5.41) is 10.7. The smallest absolute Gasteiger partial charge is 0.102 e. The van der Waals surface area contributed by atoms with Crippen molar-refractivity contribution in [3.8, 4) is 0 Å². The summed E-state index contributed by atoms with van der Waals surface area (Å²) in [6.07, 6.45) is 5.54. The normalized spacial score (nSPS) is 49.8. The molecule has 1 spiro atoms. The van der Waals surface area contributed by atoms with Gasteiger partial charge in [-0.1, -0.05) is 13.8 Å². The lowest BCUT2D eigenvalue weighted by atomic mass is 9.57. The molecule has 2 nitrogen and oxygen atoms in total. The molecule has 2 aliphatic rings. The Morgan fingerprint density at radius 1 is 1.13 bits per heavy atom. The first-order chi connectivity index (χ1) is 6.81. The van der Waals surface area contributed by atoms with E-state index < -0.39 is 5.60 Å². The molecular formula is C13H24O2. The second-order valence-electron chi connectivity index (χ2n) is 6.31. The van der Waals surface area contributed by atoms with Crippen molar-refractivity contribution in [2.24, 2.45) is 5.41 Å². The van der Waals surface area contributed by atoms with E-state index in [4.69, 9.17) is 4.74 Å². The number of ether oxygens (including phenoxy) is 1. The quantitative estimate of drug-likeness (QED) is 0.669. The van der Waals surface area contributed by atoms with Crippen LogP contribution >= 0.6 is 0 Å². The van der Waals surface area contributed by atoms with Crippen molar-refractivity contribution >= 4 is 0 Å². The summed E-state index contributed by atoms with van der Waals surface area (Å²) in [4.78, 5) is 0. The van der Waals surface area contributed by atoms with Crippen molar-refractivity contribution in [3.63, 3.8) is 0 Å². The first kappa shape index (κ1) is 11.4. The van der Waals surface area contributed by atoms with E-state index in [1.54, 1.807) is 0 Å². The van der Waals surface area contributed by atoms with E-state index in [0.717, 1.165) is 32.1 Å². The van der Waals surface area contributed by atoms with Gasteiger partial charge >= 0.3 is 0 Å². The fraction of sp³-hybridized carbons (Fsp3) is 1.00. The van der Waals surface area contributed by atoms with Crippen LogP contribution in [0.2, 0.25) is 0 Å². The van der Waals surface area contributed by atoms with E-state index >= 15 is 0 Å². The molecule has 0 aromatic heterocycles. The topological polar surface area (TPSA) is 29.5 Å². The Morgan fingerprint density at radius 2 is 1.80 bits per heavy atom. The van der Waals surface area contributed by atoms with Gasteiger partial charge in [0.2, 0.25) is 0 Å². The third-order valence-corrected chi connectivity index (χ3v) is 4.73. The minimum absolute atomic E-state index is 0.0967. The highest BCUT2D eigenvalue weighted by Gasteiger charge is 2.61. The summed E-state index contributed by atoms with van der Waals surface area (Å²) in [5.74, 6) is 0. The molecule has 1 aliphatic carbocycles. The van der Waals surface area contributed by atoms with Gasteiger partial charge < -0.3 is 9.84 Å². The van der Waals surface area contributed by atoms with Crippen molar-refractivity contribution in [2.45, 2.75) is 77.1 Å². The van der Waals surface area contributed by atoms with Gasteiger partial charge in [0.05, 0.1) is 11.7 Å². The third-order valence-electron chi connectivity index (χ3n) is 4.73. The Hall–Kier alpha value is -0.0800. The maximum Gasteiger partial charge on any atom is 0.102 e. The van der Waals surface area contributed by atoms with E-state index in [0.29, 0.717) is 6.10 Å². The zero-order valence-corrected chi connectivity index (χ0v) is 10.5. The number of aliphatic hydroxyl groups is 1. The molecule has 1 aliphatic heterocycles. The third kappa shape index (κ3) is 1.45. The standard InChI is InChI=1S/C13H24O2/c1-10-6-9-13(15-10)11(2,3)7-5-8-12(13,4)14/h10,14H,5-9H2,1-4H3/t10-,12-,13-/m1/s1. The second kappa shape index (κ2) is 3.21. The molecule has 15 heavy (non-hydrogen) atoms. The lowest BCUT2D eigenvalue weighted by Gasteiger charge is -2.56. The monoisotopic (exact) mass is 212 g/mol. The van der Waals surface area contributed by atoms with Gasteiger partial charge in [0.15, 0.2) is 0 Å². The van der Waals surface area contributed by atoms with Crippen LogP contribution in [0.5, 0.6) is 0 Å². The Bertz CT molecular complexity index is 239. The highest BCUT2D eigenvalue weighted by atomic mass is 16.5. The number of hydrogen-bond acceptors (Lipinski definition) is 2. The van der Waals surface area contributed by atoms with Crippen LogP contribution in [0.1, 0.15) is 59.8 Å². The summed E-state index contributed by atoms with van der Waals surface area (Å²) < 4.78 is 6.17. The van der Waals surface area contributed by atoms with Gasteiger partial charge in [-0.25, -0.2) is 0 Å². The van der Waals surface area contributed by atoms with Gasteiger partial charge in [0.1, 0.15) is 5.60 Å². The summed E-state index contributed by atoms with van der Waals surface area (Å²) in [7, 11) is 0. The van der Waals surface area contributed by atoms with Crippen LogP contribution < -0.4 is 0 Å². The fourth-order valence-electron chi connectivity index (χ4n) is 3.77. The molecule has 0 aromatic rings. The molecule has 1 heterocycles. The van der Waals surface area contributed by atoms with Gasteiger partial charge in [-0.15, -0.1) is 0 Å². The summed E-state index contributed by atoms with van der Waals surface area (Å²) in [6, 6.07) is 0. The maximum atomic E-state index is 10.7.